The Morgan fingerprint density at radius 1 is 0.750 bits per heavy atom. The van der Waals surface area contributed by atoms with Crippen LogP contribution in [0.4, 0.5) is 0 Å². The van der Waals surface area contributed by atoms with Crippen LogP contribution >= 0.6 is 0 Å². The monoisotopic (exact) mass is 298 g/mol. The second-order valence-electron chi connectivity index (χ2n) is 4.33. The van der Waals surface area contributed by atoms with Crippen molar-refractivity contribution in [3.05, 3.63) is 84.5 Å². The van der Waals surface area contributed by atoms with E-state index < -0.39 is 18.1 Å². The topological polar surface area (TPSA) is 18.5 Å². The van der Waals surface area contributed by atoms with E-state index in [0.717, 1.165) is 0 Å². The van der Waals surface area contributed by atoms with Gasteiger partial charge in [-0.05, 0) is 11.1 Å². The number of hydrogen-bond donors (Lipinski definition) is 0. The Balaban J connectivity index is 2.20. The molecule has 0 bridgehead atoms. The van der Waals surface area contributed by atoms with Gasteiger partial charge in [0.1, 0.15) is 12.2 Å². The summed E-state index contributed by atoms with van der Waals surface area (Å²) in [4.78, 5) is 0. The van der Waals surface area contributed by atoms with Crippen LogP contribution in [0.25, 0.3) is 0 Å². The van der Waals surface area contributed by atoms with Gasteiger partial charge in [-0.25, -0.2) is 0 Å². The van der Waals surface area contributed by atoms with Gasteiger partial charge in [-0.15, -0.1) is 26.3 Å². The molecule has 0 saturated carbocycles. The molecule has 2 atom stereocenters. The van der Waals surface area contributed by atoms with E-state index in [1.807, 2.05) is 34.9 Å². The highest BCUT2D eigenvalue weighted by molar-refractivity contribution is 6.63. The maximum absolute atomic E-state index is 6.10. The van der Waals surface area contributed by atoms with Crippen LogP contribution in [0.3, 0.4) is 0 Å². The van der Waals surface area contributed by atoms with Gasteiger partial charge in [0.05, 0.1) is 0 Å². The molecule has 0 aromatic heterocycles. The maximum atomic E-state index is 6.10. The van der Waals surface area contributed by atoms with E-state index in [2.05, 4.69) is 38.4 Å². The van der Waals surface area contributed by atoms with Crippen molar-refractivity contribution < 1.29 is 8.85 Å². The van der Waals surface area contributed by atoms with Gasteiger partial charge in [0.2, 0.25) is 0 Å². The first-order valence-corrected chi connectivity index (χ1v) is 9.53. The largest absolute Gasteiger partial charge is 0.398 e. The number of rotatable bonds is 8. The molecule has 2 nitrogen and oxygen atoms in total. The van der Waals surface area contributed by atoms with Gasteiger partial charge in [0.15, 0.2) is 0 Å². The predicted molar refractivity (Wildman–Crippen MR) is 86.4 cm³/mol. The lowest BCUT2D eigenvalue weighted by molar-refractivity contribution is 0.0231. The molecule has 1 aromatic rings. The Kier molecular flexibility index (Phi) is 5.08. The van der Waals surface area contributed by atoms with Crippen LogP contribution in [0, 0.1) is 0 Å². The van der Waals surface area contributed by atoms with E-state index in [-0.39, 0.29) is 12.2 Å². The average molecular weight is 298 g/mol. The Labute approximate surface area is 124 Å². The highest BCUT2D eigenvalue weighted by atomic mass is 28.3. The van der Waals surface area contributed by atoms with Gasteiger partial charge in [-0.3, -0.25) is 0 Å². The first-order valence-electron chi connectivity index (χ1n) is 6.41. The Morgan fingerprint density at radius 3 is 1.40 bits per heavy atom. The lowest BCUT2D eigenvalue weighted by atomic mass is 9.83. The normalized spacial score (nSPS) is 20.1. The summed E-state index contributed by atoms with van der Waals surface area (Å²) < 4.78 is 12.2. The van der Waals surface area contributed by atoms with E-state index in [1.54, 1.807) is 0 Å². The zero-order valence-electron chi connectivity index (χ0n) is 11.4. The van der Waals surface area contributed by atoms with E-state index in [1.165, 1.54) is 11.1 Å². The summed E-state index contributed by atoms with van der Waals surface area (Å²) in [6.45, 7) is 15.2. The van der Waals surface area contributed by atoms with E-state index in [0.29, 0.717) is 0 Å². The van der Waals surface area contributed by atoms with Gasteiger partial charge in [-0.1, -0.05) is 47.1 Å². The van der Waals surface area contributed by atoms with Crippen molar-refractivity contribution in [1.29, 1.82) is 0 Å². The van der Waals surface area contributed by atoms with Crippen molar-refractivity contribution in [2.45, 2.75) is 12.2 Å². The van der Waals surface area contributed by atoms with E-state index >= 15 is 0 Å². The first kappa shape index (κ1) is 14.9. The predicted octanol–water partition coefficient (Wildman–Crippen LogP) is 3.70. The fraction of sp³-hybridized carbons (Fsp3) is 0.125. The minimum absolute atomic E-state index is 0.0454. The Bertz CT molecular complexity index is 464. The van der Waals surface area contributed by atoms with Crippen LogP contribution in [-0.4, -0.2) is 18.1 Å². The molecule has 0 aliphatic heterocycles. The molecule has 0 N–H and O–H groups in total. The summed E-state index contributed by atoms with van der Waals surface area (Å²) in [7, 11) is -2.40. The smallest absolute Gasteiger partial charge is 0.267 e. The van der Waals surface area contributed by atoms with E-state index in [9.17, 15) is 0 Å². The molecule has 1 aromatic carbocycles. The molecule has 20 heavy (non-hydrogen) atoms. The highest BCUT2D eigenvalue weighted by Crippen LogP contribution is 2.48. The van der Waals surface area contributed by atoms with Gasteiger partial charge >= 0.3 is 0 Å². The van der Waals surface area contributed by atoms with Crippen LogP contribution < -0.4 is 0 Å². The van der Waals surface area contributed by atoms with Gasteiger partial charge < -0.3 is 8.85 Å². The average Bonchev–Trinajstić information content (AvgIpc) is 2.49. The second kappa shape index (κ2) is 6.81. The molecule has 0 heterocycles. The van der Waals surface area contributed by atoms with Crippen LogP contribution in [0.15, 0.2) is 73.4 Å². The first-order chi connectivity index (χ1) is 9.74. The fourth-order valence-electron chi connectivity index (χ4n) is 2.16. The van der Waals surface area contributed by atoms with Crippen LogP contribution in [-0.2, 0) is 8.85 Å². The zero-order chi connectivity index (χ0) is 14.5. The van der Waals surface area contributed by atoms with Crippen molar-refractivity contribution in [2.24, 2.45) is 0 Å². The molecule has 0 spiro atoms. The molecule has 1 aliphatic rings. The summed E-state index contributed by atoms with van der Waals surface area (Å²) in [6.07, 6.45) is -0.0908. The third kappa shape index (κ3) is 2.83. The minimum Gasteiger partial charge on any atom is -0.398 e. The third-order valence-electron chi connectivity index (χ3n) is 3.21. The summed E-state index contributed by atoms with van der Waals surface area (Å²) in [6, 6.07) is 8.21. The zero-order valence-corrected chi connectivity index (χ0v) is 13.4. The molecule has 1 aliphatic carbocycles. The maximum Gasteiger partial charge on any atom is 0.267 e. The highest BCUT2D eigenvalue weighted by Gasteiger charge is 2.40. The minimum atomic E-state index is -1.20. The lowest BCUT2D eigenvalue weighted by Gasteiger charge is -2.41. The summed E-state index contributed by atoms with van der Waals surface area (Å²) in [5, 5.41) is 0. The molecule has 0 amide bonds. The third-order valence-corrected chi connectivity index (χ3v) is 5.88. The van der Waals surface area contributed by atoms with Crippen LogP contribution in [0.2, 0.25) is 0 Å². The Hall–Kier alpha value is -1.47. The van der Waals surface area contributed by atoms with Gasteiger partial charge in [0.25, 0.3) is 18.1 Å². The fourth-order valence-corrected chi connectivity index (χ4v) is 3.97. The van der Waals surface area contributed by atoms with Crippen molar-refractivity contribution >= 4 is 18.1 Å². The number of fused-ring (bicyclic) bond motifs is 1. The number of hydrogen-bond acceptors (Lipinski definition) is 2. The van der Waals surface area contributed by atoms with Gasteiger partial charge in [0, 0.05) is 0 Å². The molecule has 4 heteroatoms. The van der Waals surface area contributed by atoms with Crippen LogP contribution in [0.1, 0.15) is 23.3 Å². The van der Waals surface area contributed by atoms with Crippen molar-refractivity contribution in [3.8, 4) is 0 Å². The summed E-state index contributed by atoms with van der Waals surface area (Å²) >= 11 is 0. The van der Waals surface area contributed by atoms with Crippen molar-refractivity contribution in [2.75, 3.05) is 0 Å². The molecule has 2 rings (SSSR count). The molecular weight excluding hydrogens is 280 g/mol. The van der Waals surface area contributed by atoms with Crippen molar-refractivity contribution in [3.63, 3.8) is 0 Å². The number of benzene rings is 1. The SMILES string of the molecule is C=C[Si](C=C)OC1c2ccccc2C1O[Si](C=C)C=C. The van der Waals surface area contributed by atoms with Gasteiger partial charge in [-0.2, -0.15) is 0 Å². The quantitative estimate of drug-likeness (QED) is 0.681. The lowest BCUT2D eigenvalue weighted by Crippen LogP contribution is -2.35. The molecule has 2 unspecified atom stereocenters. The summed E-state index contributed by atoms with van der Waals surface area (Å²) in [5.41, 5.74) is 9.73. The second-order valence-corrected chi connectivity index (χ2v) is 8.04. The molecule has 0 fully saturated rings. The van der Waals surface area contributed by atoms with Crippen LogP contribution in [0.5, 0.6) is 0 Å². The van der Waals surface area contributed by atoms with Crippen molar-refractivity contribution in [1.82, 2.24) is 0 Å². The summed E-state index contributed by atoms with van der Waals surface area (Å²) in [5.74, 6) is 0. The molecule has 0 saturated heterocycles. The Morgan fingerprint density at radius 2 is 1.10 bits per heavy atom. The standard InChI is InChI=1S/C16H18O2Si2/c1-5-19(6-2)17-15-13-11-9-10-12-14(13)16(15)18-20(7-3)8-4/h5-12,15-16H,1-4H2. The molecule has 102 valence electrons. The van der Waals surface area contributed by atoms with E-state index in [4.69, 9.17) is 8.85 Å². The molecule has 2 radical (unpaired) electrons. The molecular formula is C16H18O2Si2.